The first-order chi connectivity index (χ1) is 16.5. The molecule has 3 aromatic rings. The second-order valence-corrected chi connectivity index (χ2v) is 8.55. The first-order valence-electron chi connectivity index (χ1n) is 10.8. The van der Waals surface area contributed by atoms with Crippen molar-refractivity contribution in [2.45, 2.75) is 31.5 Å². The molecule has 0 atom stereocenters. The number of nitrogens with zero attached hydrogens (tertiary/aromatic N) is 2. The first-order valence-corrected chi connectivity index (χ1v) is 12.0. The van der Waals surface area contributed by atoms with E-state index in [4.69, 9.17) is 9.47 Å². The summed E-state index contributed by atoms with van der Waals surface area (Å²) in [5.41, 5.74) is 2.57. The minimum absolute atomic E-state index is 0.0474. The molecule has 34 heavy (non-hydrogen) atoms. The molecular weight excluding hydrogens is 459 g/mol. The van der Waals surface area contributed by atoms with Gasteiger partial charge in [-0.2, -0.15) is 16.9 Å². The van der Waals surface area contributed by atoms with E-state index in [1.165, 1.54) is 16.8 Å². The molecule has 0 aliphatic carbocycles. The summed E-state index contributed by atoms with van der Waals surface area (Å²) >= 11 is 1.70. The number of carbonyl (C=O) groups excluding carboxylic acids is 2. The highest BCUT2D eigenvalue weighted by molar-refractivity contribution is 7.98. The van der Waals surface area contributed by atoms with Gasteiger partial charge in [0.2, 0.25) is 5.91 Å². The van der Waals surface area contributed by atoms with Gasteiger partial charge >= 0.3 is 0 Å². The van der Waals surface area contributed by atoms with E-state index >= 15 is 0 Å². The van der Waals surface area contributed by atoms with Gasteiger partial charge in [-0.1, -0.05) is 12.1 Å². The maximum absolute atomic E-state index is 13.0. The van der Waals surface area contributed by atoms with Crippen LogP contribution in [0.5, 0.6) is 11.5 Å². The summed E-state index contributed by atoms with van der Waals surface area (Å²) in [6, 6.07) is 13.0. The molecule has 0 bridgehead atoms. The van der Waals surface area contributed by atoms with Crippen molar-refractivity contribution in [2.75, 3.05) is 18.5 Å². The predicted octanol–water partition coefficient (Wildman–Crippen LogP) is 3.50. The number of hydrogen-bond acceptors (Lipinski definition) is 6. The minimum Gasteiger partial charge on any atom is -0.494 e. The quantitative estimate of drug-likeness (QED) is 0.458. The van der Waals surface area contributed by atoms with E-state index in [1.807, 2.05) is 6.92 Å². The normalized spacial score (nSPS) is 12.2. The molecule has 178 valence electrons. The molecule has 2 amide bonds. The molecule has 1 aliphatic heterocycles. The number of benzene rings is 2. The Morgan fingerprint density at radius 1 is 1.03 bits per heavy atom. The molecule has 0 saturated carbocycles. The van der Waals surface area contributed by atoms with Crippen LogP contribution < -0.4 is 20.1 Å². The van der Waals surface area contributed by atoms with Crippen molar-refractivity contribution in [3.05, 3.63) is 71.2 Å². The number of aromatic nitrogens is 2. The van der Waals surface area contributed by atoms with Crippen LogP contribution in [0.3, 0.4) is 0 Å². The van der Waals surface area contributed by atoms with Gasteiger partial charge in [-0.25, -0.2) is 9.07 Å². The smallest absolute Gasteiger partial charge is 0.263 e. The molecule has 8 nitrogen and oxygen atoms in total. The molecule has 2 aromatic carbocycles. The molecule has 0 fully saturated rings. The van der Waals surface area contributed by atoms with Gasteiger partial charge in [-0.15, -0.1) is 0 Å². The summed E-state index contributed by atoms with van der Waals surface area (Å²) in [6.07, 6.45) is 0. The second-order valence-electron chi connectivity index (χ2n) is 7.57. The minimum atomic E-state index is -0.346. The lowest BCUT2D eigenvalue weighted by Gasteiger charge is -2.12. The molecule has 0 spiro atoms. The lowest BCUT2D eigenvalue weighted by atomic mass is 10.2. The van der Waals surface area contributed by atoms with E-state index < -0.39 is 0 Å². The number of nitrogens with one attached hydrogen (secondary N) is 2. The molecule has 1 aliphatic rings. The molecule has 0 unspecified atom stereocenters. The molecular formula is C24H25FN4O4S. The number of ether oxygens (including phenoxy) is 2. The monoisotopic (exact) mass is 484 g/mol. The second kappa shape index (κ2) is 11.1. The molecule has 4 rings (SSSR count). The van der Waals surface area contributed by atoms with Crippen molar-refractivity contribution in [3.63, 3.8) is 0 Å². The van der Waals surface area contributed by atoms with Crippen molar-refractivity contribution in [2.24, 2.45) is 0 Å². The molecule has 2 N–H and O–H groups in total. The van der Waals surface area contributed by atoms with Crippen LogP contribution >= 0.6 is 11.8 Å². The number of fused-ring (bicyclic) bond motifs is 1. The third-order valence-corrected chi connectivity index (χ3v) is 6.05. The van der Waals surface area contributed by atoms with Gasteiger partial charge in [-0.3, -0.25) is 9.59 Å². The van der Waals surface area contributed by atoms with Gasteiger partial charge in [0.15, 0.2) is 6.61 Å². The van der Waals surface area contributed by atoms with Crippen LogP contribution in [0, 0.1) is 5.82 Å². The summed E-state index contributed by atoms with van der Waals surface area (Å²) < 4.78 is 25.5. The van der Waals surface area contributed by atoms with Crippen LogP contribution in [0.1, 0.15) is 23.7 Å². The highest BCUT2D eigenvalue weighted by atomic mass is 32.2. The van der Waals surface area contributed by atoms with Gasteiger partial charge in [0, 0.05) is 23.6 Å². The number of thioether (sulfide) groups is 1. The average molecular weight is 485 g/mol. The van der Waals surface area contributed by atoms with E-state index in [9.17, 15) is 14.0 Å². The molecule has 2 heterocycles. The summed E-state index contributed by atoms with van der Waals surface area (Å²) in [5.74, 6) is 2.29. The fourth-order valence-corrected chi connectivity index (χ4v) is 4.47. The highest BCUT2D eigenvalue weighted by Gasteiger charge is 2.25. The Balaban J connectivity index is 1.35. The van der Waals surface area contributed by atoms with Crippen LogP contribution in [0.2, 0.25) is 0 Å². The van der Waals surface area contributed by atoms with Gasteiger partial charge in [0.25, 0.3) is 5.91 Å². The van der Waals surface area contributed by atoms with Gasteiger partial charge in [0.1, 0.15) is 29.7 Å². The summed E-state index contributed by atoms with van der Waals surface area (Å²) in [5, 5.41) is 10.2. The third-order valence-electron chi connectivity index (χ3n) is 5.08. The van der Waals surface area contributed by atoms with E-state index in [1.54, 1.807) is 48.2 Å². The Labute approximate surface area is 200 Å². The third kappa shape index (κ3) is 6.07. The number of hydrogen-bond donors (Lipinski definition) is 2. The van der Waals surface area contributed by atoms with Crippen LogP contribution in [0.15, 0.2) is 48.5 Å². The van der Waals surface area contributed by atoms with Crippen LogP contribution in [0.25, 0.3) is 0 Å². The standard InChI is InChI=1S/C24H25FN4O4S/c1-2-32-18-7-9-19(10-8-18)33-13-23(31)27-24-20-14-34-15-21(20)28-29(24)12-22(30)26-11-16-3-5-17(25)6-4-16/h3-10H,2,11-15H2,1H3,(H,26,30)(H,27,31). The zero-order valence-electron chi connectivity index (χ0n) is 18.7. The van der Waals surface area contributed by atoms with E-state index in [2.05, 4.69) is 15.7 Å². The maximum atomic E-state index is 13.0. The Morgan fingerprint density at radius 3 is 2.44 bits per heavy atom. The zero-order valence-corrected chi connectivity index (χ0v) is 19.5. The van der Waals surface area contributed by atoms with Crippen LogP contribution in [0.4, 0.5) is 10.2 Å². The number of anilines is 1. The number of carbonyl (C=O) groups is 2. The van der Waals surface area contributed by atoms with Crippen molar-refractivity contribution in [1.82, 2.24) is 15.1 Å². The highest BCUT2D eigenvalue weighted by Crippen LogP contribution is 2.34. The van der Waals surface area contributed by atoms with Crippen LogP contribution in [-0.4, -0.2) is 34.8 Å². The maximum Gasteiger partial charge on any atom is 0.263 e. The molecule has 0 radical (unpaired) electrons. The first kappa shape index (κ1) is 23.6. The Morgan fingerprint density at radius 2 is 1.74 bits per heavy atom. The Hall–Kier alpha value is -3.53. The molecule has 0 saturated heterocycles. The van der Waals surface area contributed by atoms with Crippen molar-refractivity contribution < 1.29 is 23.5 Å². The van der Waals surface area contributed by atoms with Gasteiger partial charge < -0.3 is 20.1 Å². The van der Waals surface area contributed by atoms with Crippen LogP contribution in [-0.2, 0) is 34.2 Å². The van der Waals surface area contributed by atoms with Gasteiger partial charge in [-0.05, 0) is 48.9 Å². The Kier molecular flexibility index (Phi) is 7.69. The lowest BCUT2D eigenvalue weighted by molar-refractivity contribution is -0.122. The number of halogens is 1. The molecule has 10 heteroatoms. The SMILES string of the molecule is CCOc1ccc(OCC(=O)Nc2c3c(nn2CC(=O)NCc2ccc(F)cc2)CSC3)cc1. The fraction of sp³-hybridized carbons (Fsp3) is 0.292. The van der Waals surface area contributed by atoms with Crippen molar-refractivity contribution >= 4 is 29.4 Å². The van der Waals surface area contributed by atoms with E-state index in [-0.39, 0.29) is 37.3 Å². The Bertz CT molecular complexity index is 1150. The van der Waals surface area contributed by atoms with E-state index in [0.717, 1.165) is 28.3 Å². The predicted molar refractivity (Wildman–Crippen MR) is 127 cm³/mol. The van der Waals surface area contributed by atoms with Crippen molar-refractivity contribution in [1.29, 1.82) is 0 Å². The van der Waals surface area contributed by atoms with Crippen molar-refractivity contribution in [3.8, 4) is 11.5 Å². The average Bonchev–Trinajstić information content (AvgIpc) is 3.41. The molecule has 1 aromatic heterocycles. The summed E-state index contributed by atoms with van der Waals surface area (Å²) in [6.45, 7) is 2.52. The van der Waals surface area contributed by atoms with E-state index in [0.29, 0.717) is 23.9 Å². The largest absolute Gasteiger partial charge is 0.494 e. The number of amides is 2. The number of rotatable bonds is 10. The zero-order chi connectivity index (χ0) is 23.9. The lowest BCUT2D eigenvalue weighted by Crippen LogP contribution is -2.29. The summed E-state index contributed by atoms with van der Waals surface area (Å²) in [4.78, 5) is 25.1. The fourth-order valence-electron chi connectivity index (χ4n) is 3.43. The van der Waals surface area contributed by atoms with Gasteiger partial charge in [0.05, 0.1) is 12.3 Å². The topological polar surface area (TPSA) is 94.5 Å². The summed E-state index contributed by atoms with van der Waals surface area (Å²) in [7, 11) is 0.